The van der Waals surface area contributed by atoms with Crippen LogP contribution in [-0.4, -0.2) is 39.3 Å². The van der Waals surface area contributed by atoms with E-state index in [4.69, 9.17) is 0 Å². The van der Waals surface area contributed by atoms with Gasteiger partial charge in [-0.25, -0.2) is 0 Å². The zero-order valence-corrected chi connectivity index (χ0v) is 11.1. The minimum Gasteiger partial charge on any atom is -0.382 e. The van der Waals surface area contributed by atoms with E-state index >= 15 is 0 Å². The number of benzene rings is 1. The van der Waals surface area contributed by atoms with Crippen molar-refractivity contribution in [2.24, 2.45) is 7.05 Å². The smallest absolute Gasteiger partial charge is 0.204 e. The highest BCUT2D eigenvalue weighted by molar-refractivity contribution is 5.59. The molecule has 1 aromatic carbocycles. The molecule has 2 heterocycles. The van der Waals surface area contributed by atoms with Gasteiger partial charge in [0, 0.05) is 30.1 Å². The molecular formula is C13H19N6+. The highest BCUT2D eigenvalue weighted by Crippen LogP contribution is 2.18. The van der Waals surface area contributed by atoms with Crippen LogP contribution >= 0.6 is 0 Å². The maximum absolute atomic E-state index is 4.20. The maximum atomic E-state index is 4.20. The fourth-order valence-corrected chi connectivity index (χ4v) is 2.42. The first kappa shape index (κ1) is 12.1. The number of quaternary nitrogens is 1. The van der Waals surface area contributed by atoms with Gasteiger partial charge in [0.25, 0.3) is 0 Å². The number of nitrogens with two attached hydrogens (primary N) is 1. The van der Waals surface area contributed by atoms with Crippen LogP contribution in [-0.2, 0) is 7.05 Å². The van der Waals surface area contributed by atoms with E-state index in [1.54, 1.807) is 7.05 Å². The van der Waals surface area contributed by atoms with Crippen LogP contribution in [0.15, 0.2) is 24.3 Å². The molecule has 0 saturated carbocycles. The molecule has 0 atom stereocenters. The van der Waals surface area contributed by atoms with E-state index in [9.17, 15) is 0 Å². The lowest BCUT2D eigenvalue weighted by molar-refractivity contribution is -0.662. The third kappa shape index (κ3) is 2.90. The lowest BCUT2D eigenvalue weighted by atomic mass is 10.1. The minimum absolute atomic E-state index is 0.602. The molecule has 1 aliphatic rings. The number of nitrogens with one attached hydrogen (secondary N) is 1. The molecule has 2 aromatic rings. The molecule has 1 aromatic heterocycles. The Hall–Kier alpha value is -1.95. The van der Waals surface area contributed by atoms with E-state index in [1.165, 1.54) is 36.4 Å². The number of tetrazole rings is 1. The van der Waals surface area contributed by atoms with Gasteiger partial charge in [0.15, 0.2) is 0 Å². The van der Waals surface area contributed by atoms with Gasteiger partial charge in [-0.15, -0.1) is 10.2 Å². The van der Waals surface area contributed by atoms with Crippen molar-refractivity contribution in [3.8, 4) is 11.4 Å². The second-order valence-electron chi connectivity index (χ2n) is 4.96. The summed E-state index contributed by atoms with van der Waals surface area (Å²) >= 11 is 0. The summed E-state index contributed by atoms with van der Waals surface area (Å²) in [6, 6.07) is 8.85. The average Bonchev–Trinajstić information content (AvgIpc) is 2.87. The van der Waals surface area contributed by atoms with E-state index in [0.717, 1.165) is 5.56 Å². The Morgan fingerprint density at radius 3 is 2.58 bits per heavy atom. The van der Waals surface area contributed by atoms with Crippen LogP contribution in [0, 0.1) is 0 Å². The molecule has 6 heteroatoms. The number of nitrogens with zero attached hydrogens (tertiary/aromatic N) is 4. The van der Waals surface area contributed by atoms with Gasteiger partial charge < -0.3 is 10.6 Å². The number of aromatic nitrogens is 4. The zero-order valence-electron chi connectivity index (χ0n) is 11.1. The molecule has 3 N–H and O–H groups in total. The quantitative estimate of drug-likeness (QED) is 0.815. The van der Waals surface area contributed by atoms with E-state index < -0.39 is 0 Å². The first-order valence-corrected chi connectivity index (χ1v) is 6.74. The Morgan fingerprint density at radius 2 is 1.95 bits per heavy atom. The van der Waals surface area contributed by atoms with Crippen LogP contribution in [0.4, 0.5) is 5.69 Å². The van der Waals surface area contributed by atoms with Crippen LogP contribution in [0.25, 0.3) is 11.4 Å². The molecule has 0 aliphatic carbocycles. The predicted octanol–water partition coefficient (Wildman–Crippen LogP) is 0.0148. The maximum Gasteiger partial charge on any atom is 0.204 e. The first-order chi connectivity index (χ1) is 9.31. The number of piperidine rings is 1. The number of rotatable bonds is 3. The molecule has 1 fully saturated rings. The van der Waals surface area contributed by atoms with Gasteiger partial charge in [0.05, 0.1) is 20.1 Å². The molecule has 0 spiro atoms. The molecule has 0 bridgehead atoms. The fourth-order valence-electron chi connectivity index (χ4n) is 2.42. The predicted molar refractivity (Wildman–Crippen MR) is 72.5 cm³/mol. The normalized spacial score (nSPS) is 16.5. The molecular weight excluding hydrogens is 240 g/mol. The van der Waals surface area contributed by atoms with Crippen molar-refractivity contribution in [3.63, 3.8) is 0 Å². The molecule has 1 saturated heterocycles. The molecule has 0 amide bonds. The summed E-state index contributed by atoms with van der Waals surface area (Å²) < 4.78 is 0. The number of hydrogen-bond acceptors (Lipinski definition) is 4. The van der Waals surface area contributed by atoms with Gasteiger partial charge in [0.1, 0.15) is 0 Å². The number of aryl methyl sites for hydroxylation is 1. The highest BCUT2D eigenvalue weighted by atomic mass is 15.6. The Morgan fingerprint density at radius 1 is 1.21 bits per heavy atom. The SMILES string of the molecule is Cn1nnc(-c2ccc(NC3CC[NH2+]CC3)cc2)n1. The minimum atomic E-state index is 0.602. The summed E-state index contributed by atoms with van der Waals surface area (Å²) in [5, 5.41) is 18.0. The first-order valence-electron chi connectivity index (χ1n) is 6.74. The van der Waals surface area contributed by atoms with E-state index in [2.05, 4.69) is 38.2 Å². The van der Waals surface area contributed by atoms with Crippen molar-refractivity contribution in [1.29, 1.82) is 0 Å². The van der Waals surface area contributed by atoms with Gasteiger partial charge in [-0.1, -0.05) is 0 Å². The largest absolute Gasteiger partial charge is 0.382 e. The number of hydrogen-bond donors (Lipinski definition) is 2. The van der Waals surface area contributed by atoms with Crippen molar-refractivity contribution in [1.82, 2.24) is 20.2 Å². The van der Waals surface area contributed by atoms with Gasteiger partial charge in [-0.05, 0) is 29.5 Å². The summed E-state index contributed by atoms with van der Waals surface area (Å²) in [5.74, 6) is 0.668. The molecule has 0 unspecified atom stereocenters. The van der Waals surface area contributed by atoms with E-state index in [-0.39, 0.29) is 0 Å². The molecule has 100 valence electrons. The Bertz CT molecular complexity index is 526. The van der Waals surface area contributed by atoms with Gasteiger partial charge in [-0.3, -0.25) is 0 Å². The monoisotopic (exact) mass is 259 g/mol. The van der Waals surface area contributed by atoms with Crippen molar-refractivity contribution < 1.29 is 5.32 Å². The van der Waals surface area contributed by atoms with Crippen LogP contribution in [0.1, 0.15) is 12.8 Å². The van der Waals surface area contributed by atoms with Gasteiger partial charge in [0.2, 0.25) is 5.82 Å². The van der Waals surface area contributed by atoms with Crippen molar-refractivity contribution in [3.05, 3.63) is 24.3 Å². The second-order valence-corrected chi connectivity index (χ2v) is 4.96. The number of anilines is 1. The third-order valence-electron chi connectivity index (χ3n) is 3.46. The summed E-state index contributed by atoms with van der Waals surface area (Å²) in [7, 11) is 1.77. The summed E-state index contributed by atoms with van der Waals surface area (Å²) in [6.45, 7) is 2.44. The lowest BCUT2D eigenvalue weighted by Crippen LogP contribution is -2.87. The molecule has 3 rings (SSSR count). The second kappa shape index (κ2) is 5.36. The summed E-state index contributed by atoms with van der Waals surface area (Å²) in [5.41, 5.74) is 2.16. The molecule has 0 radical (unpaired) electrons. The van der Waals surface area contributed by atoms with Crippen LogP contribution in [0.2, 0.25) is 0 Å². The van der Waals surface area contributed by atoms with Crippen LogP contribution in [0.3, 0.4) is 0 Å². The van der Waals surface area contributed by atoms with Crippen molar-refractivity contribution >= 4 is 5.69 Å². The van der Waals surface area contributed by atoms with E-state index in [1.807, 2.05) is 12.1 Å². The van der Waals surface area contributed by atoms with E-state index in [0.29, 0.717) is 11.9 Å². The molecule has 6 nitrogen and oxygen atoms in total. The summed E-state index contributed by atoms with van der Waals surface area (Å²) in [6.07, 6.45) is 2.46. The van der Waals surface area contributed by atoms with Crippen molar-refractivity contribution in [2.45, 2.75) is 18.9 Å². The van der Waals surface area contributed by atoms with Crippen LogP contribution in [0.5, 0.6) is 0 Å². The Kier molecular flexibility index (Phi) is 3.41. The average molecular weight is 259 g/mol. The standard InChI is InChI=1S/C13H18N6/c1-19-17-13(16-18-19)10-2-4-11(5-3-10)15-12-6-8-14-9-7-12/h2-5,12,14-15H,6-9H2,1H3/p+1. The lowest BCUT2D eigenvalue weighted by Gasteiger charge is -2.22. The molecule has 1 aliphatic heterocycles. The highest BCUT2D eigenvalue weighted by Gasteiger charge is 2.14. The Labute approximate surface area is 112 Å². The topological polar surface area (TPSA) is 72.2 Å². The third-order valence-corrected chi connectivity index (χ3v) is 3.46. The Balaban J connectivity index is 1.68. The zero-order chi connectivity index (χ0) is 13.1. The van der Waals surface area contributed by atoms with Crippen LogP contribution < -0.4 is 10.6 Å². The summed E-state index contributed by atoms with van der Waals surface area (Å²) in [4.78, 5) is 1.47. The van der Waals surface area contributed by atoms with Gasteiger partial charge in [-0.2, -0.15) is 4.80 Å². The molecule has 19 heavy (non-hydrogen) atoms. The van der Waals surface area contributed by atoms with Crippen molar-refractivity contribution in [2.75, 3.05) is 18.4 Å². The fraction of sp³-hybridized carbons (Fsp3) is 0.462. The van der Waals surface area contributed by atoms with Gasteiger partial charge >= 0.3 is 0 Å².